The van der Waals surface area contributed by atoms with Crippen LogP contribution in [0.4, 0.5) is 17.6 Å². The van der Waals surface area contributed by atoms with E-state index in [1.165, 1.54) is 30.6 Å². The molecule has 1 aliphatic rings. The van der Waals surface area contributed by atoms with Gasteiger partial charge in [0.15, 0.2) is 23.1 Å². The van der Waals surface area contributed by atoms with Gasteiger partial charge < -0.3 is 14.2 Å². The molecule has 2 heterocycles. The Morgan fingerprint density at radius 2 is 1.58 bits per heavy atom. The maximum atomic E-state index is 13.6. The summed E-state index contributed by atoms with van der Waals surface area (Å²) in [5, 5.41) is 0. The standard InChI is InChI=1S/C17H8F4N2O3/c18-11-2-4-13(12(19)6-11)24-16-22-7-10(8-23-16)9-1-3-14-15(5-9)26-17(20,21)25-14/h1-8H. The Bertz CT molecular complexity index is 980. The van der Waals surface area contributed by atoms with Crippen LogP contribution in [0.3, 0.4) is 0 Å². The Morgan fingerprint density at radius 3 is 2.31 bits per heavy atom. The molecule has 9 heteroatoms. The van der Waals surface area contributed by atoms with Crippen LogP contribution in [-0.2, 0) is 0 Å². The Morgan fingerprint density at radius 1 is 0.846 bits per heavy atom. The molecular formula is C17H8F4N2O3. The third kappa shape index (κ3) is 3.10. The molecule has 5 nitrogen and oxygen atoms in total. The van der Waals surface area contributed by atoms with Crippen LogP contribution in [-0.4, -0.2) is 16.3 Å². The van der Waals surface area contributed by atoms with Crippen molar-refractivity contribution in [1.82, 2.24) is 9.97 Å². The number of alkyl halides is 2. The highest BCUT2D eigenvalue weighted by Crippen LogP contribution is 2.42. The van der Waals surface area contributed by atoms with Crippen LogP contribution < -0.4 is 14.2 Å². The minimum absolute atomic E-state index is 0.0774. The van der Waals surface area contributed by atoms with Gasteiger partial charge in [-0.15, -0.1) is 8.78 Å². The van der Waals surface area contributed by atoms with Gasteiger partial charge in [0.2, 0.25) is 0 Å². The molecule has 26 heavy (non-hydrogen) atoms. The second kappa shape index (κ2) is 5.87. The predicted octanol–water partition coefficient (Wildman–Crippen LogP) is 4.54. The van der Waals surface area contributed by atoms with Crippen LogP contribution in [0, 0.1) is 11.6 Å². The van der Waals surface area contributed by atoms with Crippen molar-refractivity contribution in [2.24, 2.45) is 0 Å². The van der Waals surface area contributed by atoms with E-state index in [1.54, 1.807) is 0 Å². The van der Waals surface area contributed by atoms with Crippen molar-refractivity contribution < 1.29 is 31.8 Å². The van der Waals surface area contributed by atoms with Gasteiger partial charge in [-0.3, -0.25) is 0 Å². The lowest BCUT2D eigenvalue weighted by Crippen LogP contribution is -2.25. The quantitative estimate of drug-likeness (QED) is 0.639. The molecular weight excluding hydrogens is 356 g/mol. The highest BCUT2D eigenvalue weighted by Gasteiger charge is 2.43. The number of hydrogen-bond donors (Lipinski definition) is 0. The van der Waals surface area contributed by atoms with Crippen LogP contribution in [0.2, 0.25) is 0 Å². The lowest BCUT2D eigenvalue weighted by molar-refractivity contribution is -0.286. The monoisotopic (exact) mass is 364 g/mol. The third-order valence-corrected chi connectivity index (χ3v) is 3.46. The Hall–Kier alpha value is -3.36. The molecule has 3 aromatic rings. The summed E-state index contributed by atoms with van der Waals surface area (Å²) in [6.45, 7) is 0. The summed E-state index contributed by atoms with van der Waals surface area (Å²) in [5.74, 6) is -2.05. The van der Waals surface area contributed by atoms with Crippen LogP contribution in [0.15, 0.2) is 48.8 Å². The molecule has 0 saturated carbocycles. The highest BCUT2D eigenvalue weighted by molar-refractivity contribution is 5.66. The summed E-state index contributed by atoms with van der Waals surface area (Å²) < 4.78 is 66.4. The SMILES string of the molecule is Fc1ccc(Oc2ncc(-c3ccc4c(c3)OC(F)(F)O4)cn2)c(F)c1. The number of halogens is 4. The van der Waals surface area contributed by atoms with Crippen molar-refractivity contribution in [2.75, 3.05) is 0 Å². The molecule has 2 aromatic carbocycles. The van der Waals surface area contributed by atoms with Gasteiger partial charge >= 0.3 is 12.3 Å². The summed E-state index contributed by atoms with van der Waals surface area (Å²) >= 11 is 0. The van der Waals surface area contributed by atoms with Crippen molar-refractivity contribution in [3.8, 4) is 34.4 Å². The van der Waals surface area contributed by atoms with E-state index in [2.05, 4.69) is 19.4 Å². The average molecular weight is 364 g/mol. The van der Waals surface area contributed by atoms with Crippen molar-refractivity contribution in [3.63, 3.8) is 0 Å². The van der Waals surface area contributed by atoms with Crippen LogP contribution >= 0.6 is 0 Å². The molecule has 0 fully saturated rings. The number of aromatic nitrogens is 2. The summed E-state index contributed by atoms with van der Waals surface area (Å²) in [4.78, 5) is 7.84. The fourth-order valence-electron chi connectivity index (χ4n) is 2.30. The second-order valence-corrected chi connectivity index (χ2v) is 5.26. The van der Waals surface area contributed by atoms with Gasteiger partial charge in [0, 0.05) is 24.0 Å². The Balaban J connectivity index is 1.55. The zero-order valence-electron chi connectivity index (χ0n) is 12.7. The maximum absolute atomic E-state index is 13.6. The molecule has 0 atom stereocenters. The molecule has 1 aliphatic heterocycles. The second-order valence-electron chi connectivity index (χ2n) is 5.26. The number of fused-ring (bicyclic) bond motifs is 1. The first-order valence-corrected chi connectivity index (χ1v) is 7.25. The van der Waals surface area contributed by atoms with E-state index in [0.29, 0.717) is 17.2 Å². The molecule has 0 bridgehead atoms. The predicted molar refractivity (Wildman–Crippen MR) is 80.1 cm³/mol. The van der Waals surface area contributed by atoms with E-state index in [-0.39, 0.29) is 23.3 Å². The first-order valence-electron chi connectivity index (χ1n) is 7.25. The van der Waals surface area contributed by atoms with Crippen LogP contribution in [0.1, 0.15) is 0 Å². The molecule has 132 valence electrons. The molecule has 0 amide bonds. The summed E-state index contributed by atoms with van der Waals surface area (Å²) in [7, 11) is 0. The van der Waals surface area contributed by atoms with E-state index in [9.17, 15) is 17.6 Å². The average Bonchev–Trinajstić information content (AvgIpc) is 2.91. The first-order chi connectivity index (χ1) is 12.4. The van der Waals surface area contributed by atoms with E-state index >= 15 is 0 Å². The minimum atomic E-state index is -3.70. The van der Waals surface area contributed by atoms with Crippen molar-refractivity contribution in [3.05, 3.63) is 60.4 Å². The minimum Gasteiger partial charge on any atom is -0.421 e. The topological polar surface area (TPSA) is 53.5 Å². The molecule has 0 N–H and O–H groups in total. The highest BCUT2D eigenvalue weighted by atomic mass is 19.3. The number of ether oxygens (including phenoxy) is 3. The third-order valence-electron chi connectivity index (χ3n) is 3.46. The number of hydrogen-bond acceptors (Lipinski definition) is 5. The molecule has 1 aromatic heterocycles. The largest absolute Gasteiger partial charge is 0.586 e. The lowest BCUT2D eigenvalue weighted by Gasteiger charge is -2.06. The smallest absolute Gasteiger partial charge is 0.421 e. The molecule has 0 radical (unpaired) electrons. The van der Waals surface area contributed by atoms with Crippen molar-refractivity contribution in [2.45, 2.75) is 6.29 Å². The fraction of sp³-hybridized carbons (Fsp3) is 0.0588. The normalized spacial score (nSPS) is 14.3. The molecule has 0 saturated heterocycles. The van der Waals surface area contributed by atoms with Gasteiger partial charge in [-0.1, -0.05) is 6.07 Å². The van der Waals surface area contributed by atoms with Gasteiger partial charge in [-0.2, -0.15) is 0 Å². The van der Waals surface area contributed by atoms with Crippen LogP contribution in [0.5, 0.6) is 23.3 Å². The van der Waals surface area contributed by atoms with Gasteiger partial charge in [-0.25, -0.2) is 18.7 Å². The lowest BCUT2D eigenvalue weighted by atomic mass is 10.1. The fourth-order valence-corrected chi connectivity index (χ4v) is 2.30. The van der Waals surface area contributed by atoms with Gasteiger partial charge in [0.05, 0.1) is 0 Å². The van der Waals surface area contributed by atoms with E-state index in [0.717, 1.165) is 12.1 Å². The maximum Gasteiger partial charge on any atom is 0.586 e. The molecule has 0 unspecified atom stereocenters. The first kappa shape index (κ1) is 16.1. The van der Waals surface area contributed by atoms with Gasteiger partial charge in [0.25, 0.3) is 0 Å². The van der Waals surface area contributed by atoms with E-state index < -0.39 is 17.9 Å². The summed E-state index contributed by atoms with van der Waals surface area (Å²) in [6.07, 6.45) is -0.979. The van der Waals surface area contributed by atoms with Crippen LogP contribution in [0.25, 0.3) is 11.1 Å². The van der Waals surface area contributed by atoms with Crippen molar-refractivity contribution in [1.29, 1.82) is 0 Å². The summed E-state index contributed by atoms with van der Waals surface area (Å²) in [5.41, 5.74) is 0.989. The molecule has 0 aliphatic carbocycles. The Labute approximate surface area is 143 Å². The molecule has 0 spiro atoms. The van der Waals surface area contributed by atoms with Crippen molar-refractivity contribution >= 4 is 0 Å². The van der Waals surface area contributed by atoms with Gasteiger partial charge in [0.1, 0.15) is 5.82 Å². The zero-order chi connectivity index (χ0) is 18.3. The summed E-state index contributed by atoms with van der Waals surface area (Å²) in [6, 6.07) is 6.88. The molecule has 4 rings (SSSR count). The number of benzene rings is 2. The Kier molecular flexibility index (Phi) is 3.64. The number of rotatable bonds is 3. The van der Waals surface area contributed by atoms with Gasteiger partial charge in [-0.05, 0) is 29.8 Å². The zero-order valence-corrected chi connectivity index (χ0v) is 12.7. The van der Waals surface area contributed by atoms with E-state index in [1.807, 2.05) is 0 Å². The van der Waals surface area contributed by atoms with E-state index in [4.69, 9.17) is 4.74 Å². The number of nitrogens with zero attached hydrogens (tertiary/aromatic N) is 2.